The van der Waals surface area contributed by atoms with Gasteiger partial charge in [0.15, 0.2) is 0 Å². The molecule has 0 aliphatic heterocycles. The Morgan fingerprint density at radius 3 is 2.63 bits per heavy atom. The van der Waals surface area contributed by atoms with E-state index in [1.165, 1.54) is 0 Å². The van der Waals surface area contributed by atoms with Crippen molar-refractivity contribution in [3.05, 3.63) is 54.1 Å². The van der Waals surface area contributed by atoms with Crippen LogP contribution in [0.4, 0.5) is 0 Å². The molecule has 2 aromatic carbocycles. The summed E-state index contributed by atoms with van der Waals surface area (Å²) in [4.78, 5) is 7.95. The van der Waals surface area contributed by atoms with Gasteiger partial charge in [-0.2, -0.15) is 0 Å². The van der Waals surface area contributed by atoms with Crippen LogP contribution in [0.15, 0.2) is 48.5 Å². The monoisotopic (exact) mass is 252 g/mol. The molecule has 0 spiro atoms. The van der Waals surface area contributed by atoms with E-state index in [2.05, 4.69) is 9.97 Å². The molecular formula is C16H16N2O. The number of benzene rings is 2. The molecule has 0 fully saturated rings. The maximum Gasteiger partial charge on any atom is 0.138 e. The van der Waals surface area contributed by atoms with E-state index in [1.807, 2.05) is 48.5 Å². The van der Waals surface area contributed by atoms with Gasteiger partial charge in [-0.1, -0.05) is 36.4 Å². The van der Waals surface area contributed by atoms with Crippen LogP contribution in [0.3, 0.4) is 0 Å². The van der Waals surface area contributed by atoms with Crippen molar-refractivity contribution >= 4 is 11.0 Å². The molecule has 1 aromatic heterocycles. The van der Waals surface area contributed by atoms with Crippen LogP contribution in [-0.2, 0) is 6.42 Å². The van der Waals surface area contributed by atoms with E-state index in [9.17, 15) is 5.11 Å². The van der Waals surface area contributed by atoms with E-state index in [0.717, 1.165) is 28.0 Å². The Balaban J connectivity index is 2.10. The van der Waals surface area contributed by atoms with Crippen LogP contribution in [0.5, 0.6) is 0 Å². The van der Waals surface area contributed by atoms with E-state index >= 15 is 0 Å². The molecule has 0 aliphatic rings. The van der Waals surface area contributed by atoms with Gasteiger partial charge in [-0.25, -0.2) is 4.98 Å². The van der Waals surface area contributed by atoms with Gasteiger partial charge in [-0.3, -0.25) is 0 Å². The zero-order valence-corrected chi connectivity index (χ0v) is 10.8. The molecule has 0 amide bonds. The van der Waals surface area contributed by atoms with Crippen LogP contribution < -0.4 is 0 Å². The fourth-order valence-electron chi connectivity index (χ4n) is 2.33. The molecular weight excluding hydrogens is 236 g/mol. The number of fused-ring (bicyclic) bond motifs is 1. The Hall–Kier alpha value is -2.13. The van der Waals surface area contributed by atoms with Gasteiger partial charge < -0.3 is 10.1 Å². The lowest BCUT2D eigenvalue weighted by molar-refractivity contribution is 0.195. The number of H-pyrrole nitrogens is 1. The molecule has 0 aliphatic carbocycles. The summed E-state index contributed by atoms with van der Waals surface area (Å²) in [6.45, 7) is 1.80. The first-order valence-corrected chi connectivity index (χ1v) is 6.45. The smallest absolute Gasteiger partial charge is 0.138 e. The minimum Gasteiger partial charge on any atom is -0.393 e. The molecule has 3 nitrogen and oxygen atoms in total. The van der Waals surface area contributed by atoms with Gasteiger partial charge in [0.2, 0.25) is 0 Å². The first-order valence-electron chi connectivity index (χ1n) is 6.45. The SMILES string of the molecule is C[C@@H](O)Cc1ccccc1-c1nc2ccccc2[nH]1. The van der Waals surface area contributed by atoms with Crippen LogP contribution in [0.1, 0.15) is 12.5 Å². The summed E-state index contributed by atoms with van der Waals surface area (Å²) < 4.78 is 0. The minimum atomic E-state index is -0.356. The predicted molar refractivity (Wildman–Crippen MR) is 76.9 cm³/mol. The fraction of sp³-hybridized carbons (Fsp3) is 0.188. The maximum atomic E-state index is 9.59. The molecule has 96 valence electrons. The number of nitrogens with zero attached hydrogens (tertiary/aromatic N) is 1. The highest BCUT2D eigenvalue weighted by molar-refractivity contribution is 5.79. The van der Waals surface area contributed by atoms with Crippen LogP contribution >= 0.6 is 0 Å². The zero-order valence-electron chi connectivity index (χ0n) is 10.8. The third-order valence-electron chi connectivity index (χ3n) is 3.18. The number of hydrogen-bond donors (Lipinski definition) is 2. The van der Waals surface area contributed by atoms with Crippen molar-refractivity contribution in [2.75, 3.05) is 0 Å². The predicted octanol–water partition coefficient (Wildman–Crippen LogP) is 3.15. The van der Waals surface area contributed by atoms with E-state index in [0.29, 0.717) is 6.42 Å². The quantitative estimate of drug-likeness (QED) is 0.752. The van der Waals surface area contributed by atoms with Crippen molar-refractivity contribution in [3.63, 3.8) is 0 Å². The Bertz CT molecular complexity index is 668. The zero-order chi connectivity index (χ0) is 13.2. The first kappa shape index (κ1) is 11.9. The Morgan fingerprint density at radius 1 is 1.11 bits per heavy atom. The molecule has 19 heavy (non-hydrogen) atoms. The molecule has 0 saturated carbocycles. The van der Waals surface area contributed by atoms with Crippen molar-refractivity contribution < 1.29 is 5.11 Å². The number of aromatic amines is 1. The molecule has 3 rings (SSSR count). The Morgan fingerprint density at radius 2 is 1.84 bits per heavy atom. The molecule has 0 radical (unpaired) electrons. The van der Waals surface area contributed by atoms with Gasteiger partial charge in [-0.05, 0) is 31.0 Å². The molecule has 2 N–H and O–H groups in total. The summed E-state index contributed by atoms with van der Waals surface area (Å²) >= 11 is 0. The second-order valence-corrected chi connectivity index (χ2v) is 4.81. The summed E-state index contributed by atoms with van der Waals surface area (Å²) in [6, 6.07) is 16.0. The lowest BCUT2D eigenvalue weighted by Gasteiger charge is -2.08. The second-order valence-electron chi connectivity index (χ2n) is 4.81. The van der Waals surface area contributed by atoms with E-state index in [4.69, 9.17) is 0 Å². The summed E-state index contributed by atoms with van der Waals surface area (Å²) in [5, 5.41) is 9.59. The number of para-hydroxylation sites is 2. The number of rotatable bonds is 3. The Kier molecular flexibility index (Phi) is 3.05. The standard InChI is InChI=1S/C16H16N2O/c1-11(19)10-12-6-2-3-7-13(12)16-17-14-8-4-5-9-15(14)18-16/h2-9,11,19H,10H2,1H3,(H,17,18)/t11-/m1/s1. The van der Waals surface area contributed by atoms with Crippen LogP contribution in [-0.4, -0.2) is 21.2 Å². The summed E-state index contributed by atoms with van der Waals surface area (Å²) in [5.74, 6) is 0.859. The summed E-state index contributed by atoms with van der Waals surface area (Å²) in [5.41, 5.74) is 4.16. The lowest BCUT2D eigenvalue weighted by Crippen LogP contribution is -2.05. The van der Waals surface area contributed by atoms with Gasteiger partial charge in [-0.15, -0.1) is 0 Å². The fourth-order valence-corrected chi connectivity index (χ4v) is 2.33. The summed E-state index contributed by atoms with van der Waals surface area (Å²) in [6.07, 6.45) is 0.276. The number of nitrogens with one attached hydrogen (secondary N) is 1. The Labute approximate surface area is 111 Å². The third kappa shape index (κ3) is 2.37. The van der Waals surface area contributed by atoms with Crippen LogP contribution in [0.2, 0.25) is 0 Å². The topological polar surface area (TPSA) is 48.9 Å². The number of aliphatic hydroxyl groups excluding tert-OH is 1. The van der Waals surface area contributed by atoms with Crippen LogP contribution in [0, 0.1) is 0 Å². The van der Waals surface area contributed by atoms with E-state index in [-0.39, 0.29) is 6.10 Å². The number of hydrogen-bond acceptors (Lipinski definition) is 2. The van der Waals surface area contributed by atoms with Gasteiger partial charge in [0.25, 0.3) is 0 Å². The molecule has 0 unspecified atom stereocenters. The molecule has 0 saturated heterocycles. The van der Waals surface area contributed by atoms with Crippen molar-refractivity contribution in [2.45, 2.75) is 19.4 Å². The summed E-state index contributed by atoms with van der Waals surface area (Å²) in [7, 11) is 0. The minimum absolute atomic E-state index is 0.356. The molecule has 3 heteroatoms. The highest BCUT2D eigenvalue weighted by atomic mass is 16.3. The molecule has 3 aromatic rings. The average Bonchev–Trinajstić information content (AvgIpc) is 2.82. The first-order chi connectivity index (χ1) is 9.24. The van der Waals surface area contributed by atoms with Crippen molar-refractivity contribution in [1.82, 2.24) is 9.97 Å². The van der Waals surface area contributed by atoms with Crippen molar-refractivity contribution in [3.8, 4) is 11.4 Å². The van der Waals surface area contributed by atoms with E-state index in [1.54, 1.807) is 6.92 Å². The highest BCUT2D eigenvalue weighted by Crippen LogP contribution is 2.24. The second kappa shape index (κ2) is 4.86. The van der Waals surface area contributed by atoms with Crippen molar-refractivity contribution in [1.29, 1.82) is 0 Å². The van der Waals surface area contributed by atoms with Gasteiger partial charge in [0.05, 0.1) is 17.1 Å². The highest BCUT2D eigenvalue weighted by Gasteiger charge is 2.10. The number of aromatic nitrogens is 2. The van der Waals surface area contributed by atoms with Gasteiger partial charge in [0, 0.05) is 5.56 Å². The van der Waals surface area contributed by atoms with Gasteiger partial charge in [0.1, 0.15) is 5.82 Å². The van der Waals surface area contributed by atoms with Crippen molar-refractivity contribution in [2.24, 2.45) is 0 Å². The molecule has 1 heterocycles. The maximum absolute atomic E-state index is 9.59. The lowest BCUT2D eigenvalue weighted by atomic mass is 10.0. The molecule has 1 atom stereocenters. The largest absolute Gasteiger partial charge is 0.393 e. The van der Waals surface area contributed by atoms with Gasteiger partial charge >= 0.3 is 0 Å². The number of aliphatic hydroxyl groups is 1. The average molecular weight is 252 g/mol. The normalized spacial score (nSPS) is 12.7. The third-order valence-corrected chi connectivity index (χ3v) is 3.18. The number of imidazole rings is 1. The van der Waals surface area contributed by atoms with Crippen LogP contribution in [0.25, 0.3) is 22.4 Å². The molecule has 0 bridgehead atoms. The van der Waals surface area contributed by atoms with E-state index < -0.39 is 0 Å².